The fourth-order valence-corrected chi connectivity index (χ4v) is 0.532. The summed E-state index contributed by atoms with van der Waals surface area (Å²) in [5, 5.41) is 6.01. The maximum Gasteiger partial charge on any atom is 0.452 e. The van der Waals surface area contributed by atoms with Crippen LogP contribution in [0.2, 0.25) is 0 Å². The molecule has 0 unspecified atom stereocenters. The van der Waals surface area contributed by atoms with Crippen molar-refractivity contribution in [3.05, 3.63) is 0 Å². The lowest BCUT2D eigenvalue weighted by atomic mass is 10.4. The first-order chi connectivity index (χ1) is 8.68. The van der Waals surface area contributed by atoms with Crippen LogP contribution in [0.3, 0.4) is 0 Å². The highest BCUT2D eigenvalue weighted by Gasteiger charge is 2.06. The molecule has 0 heterocycles. The van der Waals surface area contributed by atoms with E-state index in [1.165, 1.54) is 0 Å². The van der Waals surface area contributed by atoms with E-state index in [0.29, 0.717) is 6.42 Å². The van der Waals surface area contributed by atoms with Crippen molar-refractivity contribution in [2.45, 2.75) is 60.2 Å². The minimum Gasteiger partial charge on any atom is -0.444 e. The molecule has 0 aromatic heterocycles. The van der Waals surface area contributed by atoms with Gasteiger partial charge >= 0.3 is 12.2 Å². The molecule has 2 amide bonds. The van der Waals surface area contributed by atoms with Gasteiger partial charge in [-0.1, -0.05) is 17.2 Å². The minimum atomic E-state index is -0.902. The van der Waals surface area contributed by atoms with Crippen LogP contribution in [0.25, 0.3) is 0 Å². The van der Waals surface area contributed by atoms with E-state index in [0.717, 1.165) is 0 Å². The third-order valence-electron chi connectivity index (χ3n) is 1.38. The van der Waals surface area contributed by atoms with Crippen molar-refractivity contribution in [1.82, 2.24) is 0 Å². The van der Waals surface area contributed by atoms with Crippen LogP contribution in [-0.2, 0) is 14.3 Å². The fraction of sp³-hybridized carbons (Fsp3) is 0.750. The SMILES string of the molecule is CC(C)OC(=O)N=NC(=O)OC(C)C.CCC(C)=O. The number of ketones is 1. The molecular weight excluding hydrogens is 252 g/mol. The first kappa shape index (κ1) is 19.5. The Kier molecular flexibility index (Phi) is 11.6. The summed E-state index contributed by atoms with van der Waals surface area (Å²) in [5.41, 5.74) is 0. The van der Waals surface area contributed by atoms with Crippen molar-refractivity contribution >= 4 is 18.0 Å². The van der Waals surface area contributed by atoms with Crippen molar-refractivity contribution in [3.8, 4) is 0 Å². The highest BCUT2D eigenvalue weighted by molar-refractivity contribution is 5.75. The monoisotopic (exact) mass is 274 g/mol. The first-order valence-corrected chi connectivity index (χ1v) is 6.01. The molecule has 0 saturated carbocycles. The number of carbonyl (C=O) groups excluding carboxylic acids is 3. The van der Waals surface area contributed by atoms with Crippen LogP contribution in [0.15, 0.2) is 10.2 Å². The van der Waals surface area contributed by atoms with Crippen LogP contribution >= 0.6 is 0 Å². The van der Waals surface area contributed by atoms with E-state index in [1.807, 2.05) is 6.92 Å². The Bertz CT molecular complexity index is 300. The van der Waals surface area contributed by atoms with Crippen LogP contribution in [-0.4, -0.2) is 30.2 Å². The van der Waals surface area contributed by atoms with Crippen LogP contribution in [0.5, 0.6) is 0 Å². The highest BCUT2D eigenvalue weighted by Crippen LogP contribution is 1.96. The predicted molar refractivity (Wildman–Crippen MR) is 69.1 cm³/mol. The van der Waals surface area contributed by atoms with Gasteiger partial charge in [0.15, 0.2) is 0 Å². The molecule has 7 heteroatoms. The molecule has 0 aliphatic heterocycles. The number of azo groups is 1. The van der Waals surface area contributed by atoms with Crippen molar-refractivity contribution in [2.75, 3.05) is 0 Å². The van der Waals surface area contributed by atoms with Gasteiger partial charge in [0.05, 0.1) is 12.2 Å². The molecule has 0 aromatic carbocycles. The van der Waals surface area contributed by atoms with Gasteiger partial charge in [0, 0.05) is 6.42 Å². The summed E-state index contributed by atoms with van der Waals surface area (Å²) in [6.45, 7) is 10.1. The molecule has 0 aliphatic rings. The van der Waals surface area contributed by atoms with Crippen LogP contribution in [0.1, 0.15) is 48.0 Å². The molecule has 0 aromatic rings. The molecule has 0 bridgehead atoms. The number of nitrogens with zero attached hydrogens (tertiary/aromatic N) is 2. The van der Waals surface area contributed by atoms with E-state index in [1.54, 1.807) is 34.6 Å². The number of ether oxygens (including phenoxy) is 2. The van der Waals surface area contributed by atoms with Crippen molar-refractivity contribution in [3.63, 3.8) is 0 Å². The smallest absolute Gasteiger partial charge is 0.444 e. The second-order valence-electron chi connectivity index (χ2n) is 4.12. The molecule has 0 fully saturated rings. The Labute approximate surface area is 113 Å². The quantitative estimate of drug-likeness (QED) is 0.734. The summed E-state index contributed by atoms with van der Waals surface area (Å²) in [6.07, 6.45) is -1.72. The molecule has 7 nitrogen and oxygen atoms in total. The maximum absolute atomic E-state index is 10.8. The van der Waals surface area contributed by atoms with Gasteiger partial charge in [0.2, 0.25) is 0 Å². The number of carbonyl (C=O) groups is 3. The molecule has 0 saturated heterocycles. The third kappa shape index (κ3) is 18.8. The maximum atomic E-state index is 10.8. The summed E-state index contributed by atoms with van der Waals surface area (Å²) < 4.78 is 9.20. The molecule has 0 spiro atoms. The average molecular weight is 274 g/mol. The number of hydrogen-bond donors (Lipinski definition) is 0. The van der Waals surface area contributed by atoms with E-state index in [4.69, 9.17) is 0 Å². The Hall–Kier alpha value is -1.79. The van der Waals surface area contributed by atoms with E-state index in [9.17, 15) is 14.4 Å². The van der Waals surface area contributed by atoms with Gasteiger partial charge in [-0.05, 0) is 34.6 Å². The van der Waals surface area contributed by atoms with Crippen molar-refractivity contribution in [2.24, 2.45) is 10.2 Å². The van der Waals surface area contributed by atoms with Gasteiger partial charge in [0.25, 0.3) is 0 Å². The number of rotatable bonds is 3. The van der Waals surface area contributed by atoms with E-state index >= 15 is 0 Å². The van der Waals surface area contributed by atoms with E-state index in [2.05, 4.69) is 19.7 Å². The predicted octanol–water partition coefficient (Wildman–Crippen LogP) is 3.51. The van der Waals surface area contributed by atoms with Gasteiger partial charge in [-0.25, -0.2) is 9.59 Å². The Morgan fingerprint density at radius 1 is 0.895 bits per heavy atom. The summed E-state index contributed by atoms with van der Waals surface area (Å²) in [4.78, 5) is 31.3. The number of amides is 2. The van der Waals surface area contributed by atoms with Gasteiger partial charge in [0.1, 0.15) is 5.78 Å². The zero-order valence-electron chi connectivity index (χ0n) is 12.3. The summed E-state index contributed by atoms with van der Waals surface area (Å²) in [6, 6.07) is 0. The van der Waals surface area contributed by atoms with Crippen molar-refractivity contribution < 1.29 is 23.9 Å². The lowest BCUT2D eigenvalue weighted by Crippen LogP contribution is -2.09. The molecule has 0 aliphatic carbocycles. The third-order valence-corrected chi connectivity index (χ3v) is 1.38. The molecule has 0 radical (unpaired) electrons. The lowest BCUT2D eigenvalue weighted by Gasteiger charge is -2.03. The first-order valence-electron chi connectivity index (χ1n) is 6.01. The molecule has 110 valence electrons. The van der Waals surface area contributed by atoms with Gasteiger partial charge in [-0.3, -0.25) is 0 Å². The number of Topliss-reactive ketones (excluding diaryl/α,β-unsaturated/α-hetero) is 1. The Morgan fingerprint density at radius 2 is 1.16 bits per heavy atom. The minimum absolute atomic E-state index is 0.255. The molecule has 0 rings (SSSR count). The Balaban J connectivity index is 0. The zero-order chi connectivity index (χ0) is 15.4. The van der Waals surface area contributed by atoms with E-state index < -0.39 is 12.2 Å². The molecule has 19 heavy (non-hydrogen) atoms. The lowest BCUT2D eigenvalue weighted by molar-refractivity contribution is -0.116. The summed E-state index contributed by atoms with van der Waals surface area (Å²) >= 11 is 0. The summed E-state index contributed by atoms with van der Waals surface area (Å²) in [7, 11) is 0. The highest BCUT2D eigenvalue weighted by atomic mass is 16.6. The zero-order valence-corrected chi connectivity index (χ0v) is 12.3. The topological polar surface area (TPSA) is 94.4 Å². The second kappa shape index (κ2) is 11.3. The largest absolute Gasteiger partial charge is 0.452 e. The van der Waals surface area contributed by atoms with Gasteiger partial charge in [-0.15, -0.1) is 0 Å². The average Bonchev–Trinajstić information content (AvgIpc) is 2.25. The van der Waals surface area contributed by atoms with Crippen LogP contribution in [0, 0.1) is 0 Å². The van der Waals surface area contributed by atoms with E-state index in [-0.39, 0.29) is 18.0 Å². The Morgan fingerprint density at radius 3 is 1.32 bits per heavy atom. The van der Waals surface area contributed by atoms with Gasteiger partial charge in [-0.2, -0.15) is 0 Å². The van der Waals surface area contributed by atoms with Crippen LogP contribution in [0.4, 0.5) is 9.59 Å². The number of hydrogen-bond acceptors (Lipinski definition) is 5. The fourth-order valence-electron chi connectivity index (χ4n) is 0.532. The summed E-state index contributed by atoms with van der Waals surface area (Å²) in [5.74, 6) is 0.255. The molecule has 0 atom stereocenters. The standard InChI is InChI=1S/C8H14N2O4.C4H8O/c1-5(2)13-7(11)9-10-8(12)14-6(3)4;1-3-4(2)5/h5-6H,1-4H3;3H2,1-2H3. The van der Waals surface area contributed by atoms with Crippen molar-refractivity contribution in [1.29, 1.82) is 0 Å². The van der Waals surface area contributed by atoms with Gasteiger partial charge < -0.3 is 14.3 Å². The normalized spacial score (nSPS) is 10.1. The molecule has 0 N–H and O–H groups in total. The van der Waals surface area contributed by atoms with Crippen LogP contribution < -0.4 is 0 Å². The second-order valence-corrected chi connectivity index (χ2v) is 4.12. The molecular formula is C12H22N2O5.